The molecule has 1 aliphatic carbocycles. The summed E-state index contributed by atoms with van der Waals surface area (Å²) in [6.45, 7) is 0. The van der Waals surface area contributed by atoms with Crippen LogP contribution in [0.1, 0.15) is 19.3 Å². The smallest absolute Gasteiger partial charge is 0.242 e. The third kappa shape index (κ3) is 2.96. The lowest BCUT2D eigenvalue weighted by Crippen LogP contribution is -2.28. The Morgan fingerprint density at radius 3 is 2.21 bits per heavy atom. The Balaban J connectivity index is 2.08. The molecule has 1 aromatic carbocycles. The highest BCUT2D eigenvalue weighted by Gasteiger charge is 2.25. The number of carbonyl (C=O) groups is 1. The van der Waals surface area contributed by atoms with Gasteiger partial charge in [-0.05, 0) is 37.1 Å². The molecule has 1 aliphatic rings. The van der Waals surface area contributed by atoms with Gasteiger partial charge >= 0.3 is 0 Å². The zero-order valence-electron chi connectivity index (χ0n) is 11.1. The molecule has 0 saturated heterocycles. The molecule has 1 fully saturated rings. The molecule has 5 nitrogen and oxygen atoms in total. The maximum Gasteiger partial charge on any atom is 0.242 e. The lowest BCUT2D eigenvalue weighted by atomic mass is 9.85. The van der Waals surface area contributed by atoms with E-state index in [9.17, 15) is 13.2 Å². The van der Waals surface area contributed by atoms with E-state index in [4.69, 9.17) is 0 Å². The molecule has 2 rings (SSSR count). The fraction of sp³-hybridized carbons (Fsp3) is 0.462. The number of nitrogens with zero attached hydrogens (tertiary/aromatic N) is 1. The maximum absolute atomic E-state index is 11.9. The summed E-state index contributed by atoms with van der Waals surface area (Å²) < 4.78 is 24.9. The molecule has 0 bridgehead atoms. The van der Waals surface area contributed by atoms with E-state index in [1.807, 2.05) is 0 Å². The molecule has 1 saturated carbocycles. The summed E-state index contributed by atoms with van der Waals surface area (Å²) in [7, 11) is -0.436. The van der Waals surface area contributed by atoms with Crippen LogP contribution < -0.4 is 5.32 Å². The Kier molecular flexibility index (Phi) is 3.91. The van der Waals surface area contributed by atoms with Crippen LogP contribution in [0.2, 0.25) is 0 Å². The Morgan fingerprint density at radius 2 is 1.79 bits per heavy atom. The van der Waals surface area contributed by atoms with Gasteiger partial charge in [0.2, 0.25) is 15.9 Å². The van der Waals surface area contributed by atoms with E-state index in [1.54, 1.807) is 12.1 Å². The van der Waals surface area contributed by atoms with Crippen molar-refractivity contribution >= 4 is 21.6 Å². The first kappa shape index (κ1) is 14.0. The quantitative estimate of drug-likeness (QED) is 0.913. The van der Waals surface area contributed by atoms with E-state index >= 15 is 0 Å². The van der Waals surface area contributed by atoms with Gasteiger partial charge in [0.05, 0.1) is 4.90 Å². The summed E-state index contributed by atoms with van der Waals surface area (Å²) in [6.07, 6.45) is 3.00. The van der Waals surface area contributed by atoms with Crippen molar-refractivity contribution in [1.29, 1.82) is 0 Å². The average Bonchev–Trinajstić information content (AvgIpc) is 2.27. The topological polar surface area (TPSA) is 66.5 Å². The minimum absolute atomic E-state index is 0.0227. The van der Waals surface area contributed by atoms with Crippen LogP contribution >= 0.6 is 0 Å². The fourth-order valence-electron chi connectivity index (χ4n) is 1.84. The van der Waals surface area contributed by atoms with Gasteiger partial charge in [-0.1, -0.05) is 6.42 Å². The average molecular weight is 282 g/mol. The minimum atomic E-state index is -3.41. The van der Waals surface area contributed by atoms with Crippen LogP contribution in [0.3, 0.4) is 0 Å². The zero-order chi connectivity index (χ0) is 14.0. The van der Waals surface area contributed by atoms with Gasteiger partial charge in [-0.15, -0.1) is 0 Å². The normalized spacial score (nSPS) is 16.2. The number of sulfonamides is 1. The lowest BCUT2D eigenvalue weighted by Gasteiger charge is -2.24. The maximum atomic E-state index is 11.9. The molecule has 0 atom stereocenters. The van der Waals surface area contributed by atoms with Gasteiger partial charge in [-0.3, -0.25) is 4.79 Å². The molecular formula is C13H18N2O3S. The van der Waals surface area contributed by atoms with Crippen molar-refractivity contribution < 1.29 is 13.2 Å². The van der Waals surface area contributed by atoms with E-state index in [1.165, 1.54) is 26.2 Å². The summed E-state index contributed by atoms with van der Waals surface area (Å²) in [4.78, 5) is 12.0. The van der Waals surface area contributed by atoms with E-state index in [-0.39, 0.29) is 16.7 Å². The molecule has 0 heterocycles. The highest BCUT2D eigenvalue weighted by molar-refractivity contribution is 7.89. The number of amides is 1. The molecule has 0 spiro atoms. The first-order valence-corrected chi connectivity index (χ1v) is 7.69. The van der Waals surface area contributed by atoms with Crippen LogP contribution in [-0.2, 0) is 14.8 Å². The highest BCUT2D eigenvalue weighted by atomic mass is 32.2. The van der Waals surface area contributed by atoms with Crippen molar-refractivity contribution in [2.45, 2.75) is 24.2 Å². The molecule has 19 heavy (non-hydrogen) atoms. The van der Waals surface area contributed by atoms with Gasteiger partial charge in [-0.2, -0.15) is 0 Å². The number of benzene rings is 1. The van der Waals surface area contributed by atoms with Gasteiger partial charge in [-0.25, -0.2) is 12.7 Å². The Morgan fingerprint density at radius 1 is 1.21 bits per heavy atom. The van der Waals surface area contributed by atoms with Crippen LogP contribution in [0.5, 0.6) is 0 Å². The van der Waals surface area contributed by atoms with Crippen LogP contribution in [0.4, 0.5) is 5.69 Å². The van der Waals surface area contributed by atoms with E-state index < -0.39 is 10.0 Å². The van der Waals surface area contributed by atoms with Crippen molar-refractivity contribution in [3.8, 4) is 0 Å². The number of anilines is 1. The van der Waals surface area contributed by atoms with Crippen molar-refractivity contribution in [3.63, 3.8) is 0 Å². The number of hydrogen-bond donors (Lipinski definition) is 1. The number of nitrogens with one attached hydrogen (secondary N) is 1. The first-order chi connectivity index (χ1) is 8.91. The number of hydrogen-bond acceptors (Lipinski definition) is 3. The summed E-state index contributed by atoms with van der Waals surface area (Å²) in [6, 6.07) is 6.25. The summed E-state index contributed by atoms with van der Waals surface area (Å²) in [5.41, 5.74) is 0.634. The second-order valence-electron chi connectivity index (χ2n) is 4.93. The number of rotatable bonds is 4. The second-order valence-corrected chi connectivity index (χ2v) is 7.08. The van der Waals surface area contributed by atoms with Crippen LogP contribution in [0.25, 0.3) is 0 Å². The van der Waals surface area contributed by atoms with Gasteiger partial charge in [0.25, 0.3) is 0 Å². The van der Waals surface area contributed by atoms with Crippen molar-refractivity contribution in [2.24, 2.45) is 5.92 Å². The summed E-state index contributed by atoms with van der Waals surface area (Å²) in [5.74, 6) is 0.139. The molecule has 1 aromatic rings. The van der Waals surface area contributed by atoms with Gasteiger partial charge in [0.1, 0.15) is 0 Å². The third-order valence-corrected chi connectivity index (χ3v) is 5.21. The second kappa shape index (κ2) is 5.30. The molecule has 6 heteroatoms. The van der Waals surface area contributed by atoms with Gasteiger partial charge < -0.3 is 5.32 Å². The molecule has 1 N–H and O–H groups in total. The minimum Gasteiger partial charge on any atom is -0.326 e. The largest absolute Gasteiger partial charge is 0.326 e. The Hall–Kier alpha value is -1.40. The Bertz CT molecular complexity index is 560. The molecule has 104 valence electrons. The fourth-order valence-corrected chi connectivity index (χ4v) is 2.74. The van der Waals surface area contributed by atoms with Gasteiger partial charge in [0, 0.05) is 25.7 Å². The summed E-state index contributed by atoms with van der Waals surface area (Å²) in [5, 5.41) is 2.80. The van der Waals surface area contributed by atoms with Crippen LogP contribution in [0, 0.1) is 5.92 Å². The van der Waals surface area contributed by atoms with Crippen LogP contribution in [0.15, 0.2) is 29.2 Å². The third-order valence-electron chi connectivity index (χ3n) is 3.38. The molecular weight excluding hydrogens is 264 g/mol. The molecule has 0 aromatic heterocycles. The standard InChI is InChI=1S/C13H18N2O3S/c1-15(2)19(17,18)12-8-6-11(7-9-12)14-13(16)10-4-3-5-10/h6-10H,3-5H2,1-2H3,(H,14,16). The van der Waals surface area contributed by atoms with Gasteiger partial charge in [0.15, 0.2) is 0 Å². The monoisotopic (exact) mass is 282 g/mol. The molecule has 0 radical (unpaired) electrons. The summed E-state index contributed by atoms with van der Waals surface area (Å²) >= 11 is 0. The van der Waals surface area contributed by atoms with E-state index in [2.05, 4.69) is 5.32 Å². The lowest BCUT2D eigenvalue weighted by molar-refractivity contribution is -0.122. The van der Waals surface area contributed by atoms with Crippen molar-refractivity contribution in [1.82, 2.24) is 4.31 Å². The Labute approximate surface area is 113 Å². The predicted octanol–water partition coefficient (Wildman–Crippen LogP) is 1.68. The van der Waals surface area contributed by atoms with Crippen molar-refractivity contribution in [3.05, 3.63) is 24.3 Å². The number of carbonyl (C=O) groups excluding carboxylic acids is 1. The SMILES string of the molecule is CN(C)S(=O)(=O)c1ccc(NC(=O)C2CCC2)cc1. The predicted molar refractivity (Wildman–Crippen MR) is 73.3 cm³/mol. The van der Waals surface area contributed by atoms with Crippen LogP contribution in [-0.4, -0.2) is 32.7 Å². The zero-order valence-corrected chi connectivity index (χ0v) is 11.9. The van der Waals surface area contributed by atoms with E-state index in [0.717, 1.165) is 23.6 Å². The highest BCUT2D eigenvalue weighted by Crippen LogP contribution is 2.27. The first-order valence-electron chi connectivity index (χ1n) is 6.25. The van der Waals surface area contributed by atoms with Crippen molar-refractivity contribution in [2.75, 3.05) is 19.4 Å². The molecule has 0 aliphatic heterocycles. The molecule has 1 amide bonds. The van der Waals surface area contributed by atoms with E-state index in [0.29, 0.717) is 5.69 Å². The molecule has 0 unspecified atom stereocenters.